The number of benzene rings is 1. The summed E-state index contributed by atoms with van der Waals surface area (Å²) < 4.78 is 5.42. The van der Waals surface area contributed by atoms with Gasteiger partial charge in [0.15, 0.2) is 0 Å². The van der Waals surface area contributed by atoms with Crippen molar-refractivity contribution >= 4 is 28.4 Å². The number of thioether (sulfide) groups is 1. The number of rotatable bonds is 3. The van der Waals surface area contributed by atoms with Gasteiger partial charge in [0.05, 0.1) is 18.3 Å². The van der Waals surface area contributed by atoms with Crippen LogP contribution in [0.1, 0.15) is 16.9 Å². The van der Waals surface area contributed by atoms with Crippen molar-refractivity contribution in [2.45, 2.75) is 24.8 Å². The van der Waals surface area contributed by atoms with E-state index in [1.165, 1.54) is 32.8 Å². The van der Waals surface area contributed by atoms with Crippen LogP contribution in [0.2, 0.25) is 0 Å². The van der Waals surface area contributed by atoms with Crippen LogP contribution in [0.25, 0.3) is 10.9 Å². The number of fused-ring (bicyclic) bond motifs is 3. The molecule has 1 aliphatic heterocycles. The van der Waals surface area contributed by atoms with Gasteiger partial charge in [-0.15, -0.1) is 11.8 Å². The van der Waals surface area contributed by atoms with E-state index in [1.807, 2.05) is 30.1 Å². The van der Waals surface area contributed by atoms with Crippen molar-refractivity contribution in [3.05, 3.63) is 53.6 Å². The van der Waals surface area contributed by atoms with Crippen LogP contribution in [-0.2, 0) is 13.0 Å². The molecule has 1 aromatic carbocycles. The van der Waals surface area contributed by atoms with Gasteiger partial charge in [0.2, 0.25) is 0 Å². The Morgan fingerprint density at radius 2 is 2.29 bits per heavy atom. The molecular formula is C17H16N2OS. The Balaban J connectivity index is 1.82. The lowest BCUT2D eigenvalue weighted by Gasteiger charge is -2.14. The fourth-order valence-corrected chi connectivity index (χ4v) is 3.96. The number of nitrogens with zero attached hydrogens (tertiary/aromatic N) is 1. The Kier molecular flexibility index (Phi) is 3.11. The van der Waals surface area contributed by atoms with Gasteiger partial charge in [-0.2, -0.15) is 0 Å². The molecule has 3 aromatic rings. The molecule has 0 fully saturated rings. The molecule has 21 heavy (non-hydrogen) atoms. The second-order valence-electron chi connectivity index (χ2n) is 5.28. The maximum Gasteiger partial charge on any atom is 0.122 e. The molecule has 0 bridgehead atoms. The molecule has 0 aliphatic carbocycles. The standard InChI is InChI=1S/C17H16N2OS/c1-11-9-18-14-4-5-15-13(6-8-21-15)16(14)17(11)19-10-12-3-2-7-20-12/h2-5,7,9H,6,8,10H2,1H3,(H,18,19). The first-order valence-corrected chi connectivity index (χ1v) is 8.12. The number of anilines is 1. The first-order valence-electron chi connectivity index (χ1n) is 7.13. The first-order chi connectivity index (χ1) is 10.3. The van der Waals surface area contributed by atoms with Gasteiger partial charge in [0.25, 0.3) is 0 Å². The molecule has 0 atom stereocenters. The van der Waals surface area contributed by atoms with Gasteiger partial charge in [-0.05, 0) is 48.7 Å². The zero-order valence-electron chi connectivity index (χ0n) is 11.8. The van der Waals surface area contributed by atoms with Crippen LogP contribution in [0.3, 0.4) is 0 Å². The fourth-order valence-electron chi connectivity index (χ4n) is 2.89. The zero-order valence-corrected chi connectivity index (χ0v) is 12.7. The Hall–Kier alpha value is -1.94. The minimum Gasteiger partial charge on any atom is -0.467 e. The largest absolute Gasteiger partial charge is 0.467 e. The lowest BCUT2D eigenvalue weighted by molar-refractivity contribution is 0.518. The summed E-state index contributed by atoms with van der Waals surface area (Å²) in [7, 11) is 0. The van der Waals surface area contributed by atoms with Gasteiger partial charge in [0, 0.05) is 27.9 Å². The normalized spacial score (nSPS) is 13.6. The average Bonchev–Trinajstić information content (AvgIpc) is 3.17. The molecule has 0 amide bonds. The van der Waals surface area contributed by atoms with Crippen molar-refractivity contribution in [3.63, 3.8) is 0 Å². The van der Waals surface area contributed by atoms with E-state index in [9.17, 15) is 0 Å². The van der Waals surface area contributed by atoms with E-state index in [1.54, 1.807) is 6.26 Å². The highest BCUT2D eigenvalue weighted by molar-refractivity contribution is 7.99. The van der Waals surface area contributed by atoms with Crippen molar-refractivity contribution in [2.75, 3.05) is 11.1 Å². The first kappa shape index (κ1) is 12.8. The Morgan fingerprint density at radius 3 is 3.14 bits per heavy atom. The zero-order chi connectivity index (χ0) is 14.2. The maximum atomic E-state index is 5.42. The summed E-state index contributed by atoms with van der Waals surface area (Å²) in [4.78, 5) is 5.99. The number of hydrogen-bond acceptors (Lipinski definition) is 4. The van der Waals surface area contributed by atoms with Gasteiger partial charge >= 0.3 is 0 Å². The third kappa shape index (κ3) is 2.20. The molecule has 0 radical (unpaired) electrons. The molecule has 0 unspecified atom stereocenters. The highest BCUT2D eigenvalue weighted by Gasteiger charge is 2.18. The molecule has 1 N–H and O–H groups in total. The van der Waals surface area contributed by atoms with Crippen molar-refractivity contribution in [1.29, 1.82) is 0 Å². The summed E-state index contributed by atoms with van der Waals surface area (Å²) in [6.07, 6.45) is 4.78. The van der Waals surface area contributed by atoms with Crippen LogP contribution in [-0.4, -0.2) is 10.7 Å². The van der Waals surface area contributed by atoms with Gasteiger partial charge in [0.1, 0.15) is 5.76 Å². The van der Waals surface area contributed by atoms with E-state index in [-0.39, 0.29) is 0 Å². The molecule has 3 nitrogen and oxygen atoms in total. The number of nitrogens with one attached hydrogen (secondary N) is 1. The van der Waals surface area contributed by atoms with Crippen LogP contribution >= 0.6 is 11.8 Å². The lowest BCUT2D eigenvalue weighted by Crippen LogP contribution is -2.03. The van der Waals surface area contributed by atoms with Crippen LogP contribution in [0.4, 0.5) is 5.69 Å². The Bertz CT molecular complexity index is 796. The van der Waals surface area contributed by atoms with Gasteiger partial charge < -0.3 is 9.73 Å². The van der Waals surface area contributed by atoms with E-state index >= 15 is 0 Å². The highest BCUT2D eigenvalue weighted by Crippen LogP contribution is 2.39. The molecule has 0 spiro atoms. The summed E-state index contributed by atoms with van der Waals surface area (Å²) in [6.45, 7) is 2.81. The predicted octanol–water partition coefficient (Wildman–Crippen LogP) is 4.40. The number of furan rings is 1. The summed E-state index contributed by atoms with van der Waals surface area (Å²) in [5.41, 5.74) is 4.88. The summed E-state index contributed by atoms with van der Waals surface area (Å²) in [5, 5.41) is 4.83. The van der Waals surface area contributed by atoms with Crippen molar-refractivity contribution in [2.24, 2.45) is 0 Å². The Morgan fingerprint density at radius 1 is 1.33 bits per heavy atom. The highest BCUT2D eigenvalue weighted by atomic mass is 32.2. The molecule has 3 heterocycles. The van der Waals surface area contributed by atoms with Crippen LogP contribution < -0.4 is 5.32 Å². The van der Waals surface area contributed by atoms with Gasteiger partial charge in [-0.3, -0.25) is 4.98 Å². The predicted molar refractivity (Wildman–Crippen MR) is 86.9 cm³/mol. The van der Waals surface area contributed by atoms with Crippen molar-refractivity contribution < 1.29 is 4.42 Å². The van der Waals surface area contributed by atoms with E-state index in [2.05, 4.69) is 29.4 Å². The minimum absolute atomic E-state index is 0.698. The smallest absolute Gasteiger partial charge is 0.122 e. The van der Waals surface area contributed by atoms with Crippen molar-refractivity contribution in [3.8, 4) is 0 Å². The van der Waals surface area contributed by atoms with Gasteiger partial charge in [-0.1, -0.05) is 0 Å². The molecule has 4 heteroatoms. The molecular weight excluding hydrogens is 280 g/mol. The van der Waals surface area contributed by atoms with Gasteiger partial charge in [-0.25, -0.2) is 0 Å². The van der Waals surface area contributed by atoms with Crippen LogP contribution in [0.15, 0.2) is 46.0 Å². The fraction of sp³-hybridized carbons (Fsp3) is 0.235. The van der Waals surface area contributed by atoms with E-state index < -0.39 is 0 Å². The van der Waals surface area contributed by atoms with E-state index in [0.29, 0.717) is 6.54 Å². The second-order valence-corrected chi connectivity index (χ2v) is 6.42. The second kappa shape index (κ2) is 5.11. The average molecular weight is 296 g/mol. The topological polar surface area (TPSA) is 38.1 Å². The molecule has 2 aromatic heterocycles. The number of aryl methyl sites for hydroxylation is 2. The summed E-state index contributed by atoms with van der Waals surface area (Å²) in [6, 6.07) is 8.24. The monoisotopic (exact) mass is 296 g/mol. The maximum absolute atomic E-state index is 5.42. The quantitative estimate of drug-likeness (QED) is 0.777. The van der Waals surface area contributed by atoms with E-state index in [4.69, 9.17) is 4.42 Å². The molecule has 0 saturated carbocycles. The summed E-state index contributed by atoms with van der Waals surface area (Å²) in [5.74, 6) is 2.11. The molecule has 4 rings (SSSR count). The minimum atomic E-state index is 0.698. The number of aromatic nitrogens is 1. The third-order valence-corrected chi connectivity index (χ3v) is 5.02. The lowest BCUT2D eigenvalue weighted by atomic mass is 10.0. The van der Waals surface area contributed by atoms with E-state index in [0.717, 1.165) is 17.7 Å². The van der Waals surface area contributed by atoms with Crippen molar-refractivity contribution in [1.82, 2.24) is 4.98 Å². The Labute approximate surface area is 127 Å². The molecule has 106 valence electrons. The SMILES string of the molecule is Cc1cnc2ccc3c(c2c1NCc1ccco1)CCS3. The molecule has 0 saturated heterocycles. The van der Waals surface area contributed by atoms with Crippen LogP contribution in [0.5, 0.6) is 0 Å². The third-order valence-electron chi connectivity index (χ3n) is 3.92. The number of hydrogen-bond donors (Lipinski definition) is 1. The summed E-state index contributed by atoms with van der Waals surface area (Å²) >= 11 is 1.94. The van der Waals surface area contributed by atoms with Crippen LogP contribution in [0, 0.1) is 6.92 Å². The number of pyridine rings is 1. The molecule has 1 aliphatic rings.